The Kier molecular flexibility index (Phi) is 2.78. The second-order valence-electron chi connectivity index (χ2n) is 4.32. The van der Waals surface area contributed by atoms with Crippen LogP contribution in [0.25, 0.3) is 0 Å². The van der Waals surface area contributed by atoms with Crippen molar-refractivity contribution in [1.82, 2.24) is 9.97 Å². The largest absolute Gasteiger partial charge is 0.354 e. The highest BCUT2D eigenvalue weighted by Gasteiger charge is 2.41. The Morgan fingerprint density at radius 2 is 2.06 bits per heavy atom. The van der Waals surface area contributed by atoms with Gasteiger partial charge in [-0.1, -0.05) is 6.92 Å². The molecule has 1 atom stereocenters. The molecule has 3 nitrogen and oxygen atoms in total. The molecule has 1 aromatic heterocycles. The van der Waals surface area contributed by atoms with Crippen LogP contribution in [0.2, 0.25) is 0 Å². The van der Waals surface area contributed by atoms with Gasteiger partial charge < -0.3 is 4.90 Å². The van der Waals surface area contributed by atoms with E-state index >= 15 is 0 Å². The summed E-state index contributed by atoms with van der Waals surface area (Å²) in [7, 11) is 0. The van der Waals surface area contributed by atoms with Gasteiger partial charge in [0.25, 0.3) is 5.92 Å². The molecule has 1 aliphatic heterocycles. The lowest BCUT2D eigenvalue weighted by molar-refractivity contribution is -0.0652. The first-order valence-corrected chi connectivity index (χ1v) is 5.41. The first-order chi connectivity index (χ1) is 7.50. The van der Waals surface area contributed by atoms with E-state index in [4.69, 9.17) is 0 Å². The molecular formula is C11H15F2N3. The first kappa shape index (κ1) is 11.2. The smallest absolute Gasteiger partial charge is 0.254 e. The second-order valence-corrected chi connectivity index (χ2v) is 4.32. The predicted octanol–water partition coefficient (Wildman–Crippen LogP) is 2.27. The van der Waals surface area contributed by atoms with E-state index in [0.29, 0.717) is 13.1 Å². The maximum Gasteiger partial charge on any atom is 0.254 e. The fraction of sp³-hybridized carbons (Fsp3) is 0.636. The van der Waals surface area contributed by atoms with Crippen LogP contribution in [0.15, 0.2) is 12.4 Å². The van der Waals surface area contributed by atoms with E-state index in [9.17, 15) is 8.78 Å². The molecule has 5 heteroatoms. The molecule has 88 valence electrons. The molecule has 1 aliphatic rings. The second kappa shape index (κ2) is 3.96. The van der Waals surface area contributed by atoms with Gasteiger partial charge in [-0.15, -0.1) is 0 Å². The maximum absolute atomic E-state index is 13.3. The molecule has 0 aliphatic carbocycles. The molecule has 16 heavy (non-hydrogen) atoms. The highest BCUT2D eigenvalue weighted by molar-refractivity contribution is 5.42. The lowest BCUT2D eigenvalue weighted by Gasteiger charge is -2.37. The predicted molar refractivity (Wildman–Crippen MR) is 57.7 cm³/mol. The van der Waals surface area contributed by atoms with Crippen molar-refractivity contribution >= 4 is 5.82 Å². The number of rotatable bonds is 1. The van der Waals surface area contributed by atoms with E-state index in [1.165, 1.54) is 0 Å². The lowest BCUT2D eigenvalue weighted by atomic mass is 9.95. The van der Waals surface area contributed by atoms with Crippen LogP contribution in [0.4, 0.5) is 14.6 Å². The van der Waals surface area contributed by atoms with Gasteiger partial charge >= 0.3 is 0 Å². The van der Waals surface area contributed by atoms with Crippen molar-refractivity contribution < 1.29 is 8.78 Å². The Balaban J connectivity index is 2.17. The zero-order valence-corrected chi connectivity index (χ0v) is 9.45. The maximum atomic E-state index is 13.3. The molecule has 0 N–H and O–H groups in total. The lowest BCUT2D eigenvalue weighted by Crippen LogP contribution is -2.46. The van der Waals surface area contributed by atoms with Crippen LogP contribution in [0.3, 0.4) is 0 Å². The Hall–Kier alpha value is -1.26. The van der Waals surface area contributed by atoms with E-state index in [-0.39, 0.29) is 6.42 Å². The molecule has 1 fully saturated rings. The van der Waals surface area contributed by atoms with E-state index in [1.807, 2.05) is 11.8 Å². The van der Waals surface area contributed by atoms with E-state index < -0.39 is 11.8 Å². The van der Waals surface area contributed by atoms with Crippen LogP contribution in [0.5, 0.6) is 0 Å². The number of alkyl halides is 2. The van der Waals surface area contributed by atoms with Crippen molar-refractivity contribution in [2.75, 3.05) is 18.0 Å². The third kappa shape index (κ3) is 1.99. The summed E-state index contributed by atoms with van der Waals surface area (Å²) in [5.74, 6) is -2.46. The minimum atomic E-state index is -2.55. The number of piperidine rings is 1. The Labute approximate surface area is 93.5 Å². The van der Waals surface area contributed by atoms with Gasteiger partial charge in [0.2, 0.25) is 0 Å². The topological polar surface area (TPSA) is 29.0 Å². The molecule has 1 saturated heterocycles. The molecule has 0 amide bonds. The summed E-state index contributed by atoms with van der Waals surface area (Å²) >= 11 is 0. The number of hydrogen-bond donors (Lipinski definition) is 0. The van der Waals surface area contributed by atoms with Crippen LogP contribution in [0, 0.1) is 12.8 Å². The van der Waals surface area contributed by atoms with E-state index in [2.05, 4.69) is 9.97 Å². The van der Waals surface area contributed by atoms with Crippen LogP contribution in [0.1, 0.15) is 19.0 Å². The quantitative estimate of drug-likeness (QED) is 0.737. The summed E-state index contributed by atoms with van der Waals surface area (Å²) < 4.78 is 26.6. The summed E-state index contributed by atoms with van der Waals surface area (Å²) in [6, 6.07) is 0. The van der Waals surface area contributed by atoms with Crippen LogP contribution in [-0.2, 0) is 0 Å². The standard InChI is InChI=1S/C11H15F2N3/c1-8-7-16(6-3-11(8,12)13)10-9(2)14-4-5-15-10/h4-5,8H,3,6-7H2,1-2H3/t8-/m1/s1. The SMILES string of the molecule is Cc1nccnc1N1CCC(F)(F)[C@H](C)C1. The highest BCUT2D eigenvalue weighted by atomic mass is 19.3. The van der Waals surface area contributed by atoms with Crippen molar-refractivity contribution in [3.8, 4) is 0 Å². The number of aryl methyl sites for hydroxylation is 1. The zero-order chi connectivity index (χ0) is 11.8. The molecule has 0 saturated carbocycles. The fourth-order valence-electron chi connectivity index (χ4n) is 1.99. The molecule has 0 aromatic carbocycles. The van der Waals surface area contributed by atoms with Crippen LogP contribution >= 0.6 is 0 Å². The molecular weight excluding hydrogens is 212 g/mol. The summed E-state index contributed by atoms with van der Waals surface area (Å²) in [6.07, 6.45) is 3.10. The monoisotopic (exact) mass is 227 g/mol. The van der Waals surface area contributed by atoms with Crippen molar-refractivity contribution in [2.24, 2.45) is 5.92 Å². The third-order valence-electron chi connectivity index (χ3n) is 3.09. The number of nitrogens with zero attached hydrogens (tertiary/aromatic N) is 3. The van der Waals surface area contributed by atoms with Gasteiger partial charge in [-0.2, -0.15) is 0 Å². The molecule has 1 aromatic rings. The summed E-state index contributed by atoms with van der Waals surface area (Å²) in [6.45, 7) is 4.11. The Morgan fingerprint density at radius 1 is 1.38 bits per heavy atom. The normalized spacial score (nSPS) is 24.5. The summed E-state index contributed by atoms with van der Waals surface area (Å²) in [5.41, 5.74) is 0.792. The zero-order valence-electron chi connectivity index (χ0n) is 9.45. The van der Waals surface area contributed by atoms with Crippen molar-refractivity contribution in [3.63, 3.8) is 0 Å². The van der Waals surface area contributed by atoms with Crippen LogP contribution < -0.4 is 4.90 Å². The van der Waals surface area contributed by atoms with Gasteiger partial charge in [0, 0.05) is 37.8 Å². The molecule has 0 unspecified atom stereocenters. The van der Waals surface area contributed by atoms with Gasteiger partial charge in [0.1, 0.15) is 5.82 Å². The van der Waals surface area contributed by atoms with Gasteiger partial charge in [0.05, 0.1) is 5.69 Å². The van der Waals surface area contributed by atoms with Gasteiger partial charge in [-0.25, -0.2) is 13.8 Å². The Morgan fingerprint density at radius 3 is 2.69 bits per heavy atom. The average molecular weight is 227 g/mol. The number of hydrogen-bond acceptors (Lipinski definition) is 3. The van der Waals surface area contributed by atoms with E-state index in [0.717, 1.165) is 11.5 Å². The number of aromatic nitrogens is 2. The highest BCUT2D eigenvalue weighted by Crippen LogP contribution is 2.34. The molecule has 0 spiro atoms. The first-order valence-electron chi connectivity index (χ1n) is 5.41. The summed E-state index contributed by atoms with van der Waals surface area (Å²) in [4.78, 5) is 10.2. The van der Waals surface area contributed by atoms with Crippen molar-refractivity contribution in [1.29, 1.82) is 0 Å². The van der Waals surface area contributed by atoms with Gasteiger partial charge in [-0.05, 0) is 6.92 Å². The number of anilines is 1. The molecule has 0 radical (unpaired) electrons. The van der Waals surface area contributed by atoms with E-state index in [1.54, 1.807) is 19.3 Å². The van der Waals surface area contributed by atoms with Gasteiger partial charge in [0.15, 0.2) is 0 Å². The number of halogens is 2. The minimum absolute atomic E-state index is 0.107. The minimum Gasteiger partial charge on any atom is -0.354 e. The molecule has 2 heterocycles. The van der Waals surface area contributed by atoms with Crippen molar-refractivity contribution in [3.05, 3.63) is 18.1 Å². The fourth-order valence-corrected chi connectivity index (χ4v) is 1.99. The van der Waals surface area contributed by atoms with Crippen LogP contribution in [-0.4, -0.2) is 29.0 Å². The Bertz CT molecular complexity index is 381. The van der Waals surface area contributed by atoms with Gasteiger partial charge in [-0.3, -0.25) is 4.98 Å². The molecule has 2 rings (SSSR count). The summed E-state index contributed by atoms with van der Waals surface area (Å²) in [5, 5.41) is 0. The third-order valence-corrected chi connectivity index (χ3v) is 3.09. The molecule has 0 bridgehead atoms. The average Bonchev–Trinajstić information content (AvgIpc) is 2.23. The van der Waals surface area contributed by atoms with Crippen molar-refractivity contribution in [2.45, 2.75) is 26.2 Å².